The Morgan fingerprint density at radius 2 is 1.62 bits per heavy atom. The molecule has 2 aromatic carbocycles. The lowest BCUT2D eigenvalue weighted by molar-refractivity contribution is 0.274. The molecule has 0 atom stereocenters. The number of nitrogens with zero attached hydrogens (tertiary/aromatic N) is 1. The van der Waals surface area contributed by atoms with E-state index in [-0.39, 0.29) is 13.2 Å². The number of hydrogen-bond acceptors (Lipinski definition) is 4. The number of aliphatic hydroxyl groups excluding tert-OH is 2. The molecule has 0 radical (unpaired) electrons. The molecular formula is C17H15NO3. The maximum Gasteiger partial charge on any atom is 0.138 e. The molecule has 2 N–H and O–H groups in total. The van der Waals surface area contributed by atoms with Crippen LogP contribution in [0.3, 0.4) is 0 Å². The highest BCUT2D eigenvalue weighted by Gasteiger charge is 2.09. The summed E-state index contributed by atoms with van der Waals surface area (Å²) in [7, 11) is 0. The molecule has 21 heavy (non-hydrogen) atoms. The predicted molar refractivity (Wildman–Crippen MR) is 80.1 cm³/mol. The lowest BCUT2D eigenvalue weighted by Gasteiger charge is -2.12. The van der Waals surface area contributed by atoms with E-state index in [0.717, 1.165) is 10.9 Å². The first-order chi connectivity index (χ1) is 10.3. The molecule has 106 valence electrons. The zero-order chi connectivity index (χ0) is 14.7. The average Bonchev–Trinajstić information content (AvgIpc) is 2.55. The van der Waals surface area contributed by atoms with Gasteiger partial charge in [0.05, 0.1) is 24.4 Å². The van der Waals surface area contributed by atoms with Gasteiger partial charge in [-0.2, -0.15) is 0 Å². The second-order valence-electron chi connectivity index (χ2n) is 4.65. The first-order valence-corrected chi connectivity index (χ1v) is 6.68. The summed E-state index contributed by atoms with van der Waals surface area (Å²) in [4.78, 5) is 4.36. The quantitative estimate of drug-likeness (QED) is 0.771. The van der Waals surface area contributed by atoms with E-state index in [1.165, 1.54) is 0 Å². The highest BCUT2D eigenvalue weighted by molar-refractivity contribution is 5.85. The van der Waals surface area contributed by atoms with Crippen LogP contribution in [0.4, 0.5) is 0 Å². The normalized spacial score (nSPS) is 10.8. The maximum atomic E-state index is 9.38. The molecule has 1 heterocycles. The third-order valence-electron chi connectivity index (χ3n) is 3.26. The second-order valence-corrected chi connectivity index (χ2v) is 4.65. The van der Waals surface area contributed by atoms with Crippen molar-refractivity contribution in [1.82, 2.24) is 4.98 Å². The number of hydrogen-bond donors (Lipinski definition) is 2. The standard InChI is InChI=1S/C17H15NO3/c19-10-12-5-1-4-8-16(12)21-17-9-13(11-20)18-15-7-3-2-6-14(15)17/h1-9,19-20H,10-11H2. The van der Waals surface area contributed by atoms with Crippen molar-refractivity contribution in [3.63, 3.8) is 0 Å². The second kappa shape index (κ2) is 5.91. The van der Waals surface area contributed by atoms with E-state index in [1.54, 1.807) is 12.1 Å². The molecule has 0 spiro atoms. The van der Waals surface area contributed by atoms with Crippen LogP contribution in [0.5, 0.6) is 11.5 Å². The van der Waals surface area contributed by atoms with E-state index >= 15 is 0 Å². The Bertz CT molecular complexity index is 771. The Kier molecular flexibility index (Phi) is 3.81. The predicted octanol–water partition coefficient (Wildman–Crippen LogP) is 3.01. The Labute approximate surface area is 122 Å². The van der Waals surface area contributed by atoms with Crippen molar-refractivity contribution in [2.75, 3.05) is 0 Å². The Hall–Kier alpha value is -2.43. The molecule has 3 aromatic rings. The zero-order valence-corrected chi connectivity index (χ0v) is 11.4. The fourth-order valence-electron chi connectivity index (χ4n) is 2.21. The van der Waals surface area contributed by atoms with Gasteiger partial charge in [0.1, 0.15) is 11.5 Å². The van der Waals surface area contributed by atoms with Crippen LogP contribution in [0.2, 0.25) is 0 Å². The molecule has 0 aliphatic heterocycles. The molecule has 0 saturated heterocycles. The largest absolute Gasteiger partial charge is 0.456 e. The van der Waals surface area contributed by atoms with Crippen LogP contribution in [-0.4, -0.2) is 15.2 Å². The molecule has 4 heteroatoms. The number of fused-ring (bicyclic) bond motifs is 1. The van der Waals surface area contributed by atoms with Gasteiger partial charge in [0.25, 0.3) is 0 Å². The van der Waals surface area contributed by atoms with Crippen LogP contribution >= 0.6 is 0 Å². The van der Waals surface area contributed by atoms with Crippen molar-refractivity contribution >= 4 is 10.9 Å². The van der Waals surface area contributed by atoms with E-state index in [2.05, 4.69) is 4.98 Å². The fourth-order valence-corrected chi connectivity index (χ4v) is 2.21. The first-order valence-electron chi connectivity index (χ1n) is 6.68. The number of pyridine rings is 1. The minimum absolute atomic E-state index is 0.0912. The topological polar surface area (TPSA) is 62.6 Å². The summed E-state index contributed by atoms with van der Waals surface area (Å²) >= 11 is 0. The molecule has 0 aliphatic carbocycles. The third-order valence-corrected chi connectivity index (χ3v) is 3.26. The third kappa shape index (κ3) is 2.72. The van der Waals surface area contributed by atoms with Gasteiger partial charge in [-0.05, 0) is 18.2 Å². The molecule has 1 aromatic heterocycles. The van der Waals surface area contributed by atoms with Gasteiger partial charge in [-0.15, -0.1) is 0 Å². The molecule has 0 aliphatic rings. The summed E-state index contributed by atoms with van der Waals surface area (Å²) < 4.78 is 5.95. The summed E-state index contributed by atoms with van der Waals surface area (Å²) in [6.45, 7) is -0.241. The van der Waals surface area contributed by atoms with E-state index < -0.39 is 0 Å². The minimum Gasteiger partial charge on any atom is -0.456 e. The van der Waals surface area contributed by atoms with Gasteiger partial charge in [-0.1, -0.05) is 30.3 Å². The van der Waals surface area contributed by atoms with Gasteiger partial charge in [-0.25, -0.2) is 0 Å². The number of aromatic nitrogens is 1. The van der Waals surface area contributed by atoms with Gasteiger partial charge < -0.3 is 14.9 Å². The Morgan fingerprint density at radius 1 is 0.857 bits per heavy atom. The lowest BCUT2D eigenvalue weighted by Crippen LogP contribution is -1.96. The molecule has 0 saturated carbocycles. The average molecular weight is 281 g/mol. The van der Waals surface area contributed by atoms with E-state index in [1.807, 2.05) is 42.5 Å². The first kappa shape index (κ1) is 13.5. The number of aliphatic hydroxyl groups is 2. The molecule has 0 fully saturated rings. The molecule has 4 nitrogen and oxygen atoms in total. The highest BCUT2D eigenvalue weighted by Crippen LogP contribution is 2.31. The number of rotatable bonds is 4. The number of benzene rings is 2. The van der Waals surface area contributed by atoms with Crippen molar-refractivity contribution in [2.24, 2.45) is 0 Å². The van der Waals surface area contributed by atoms with Gasteiger partial charge in [0, 0.05) is 17.0 Å². The Morgan fingerprint density at radius 3 is 2.43 bits per heavy atom. The number of ether oxygens (including phenoxy) is 1. The van der Waals surface area contributed by atoms with Crippen LogP contribution in [-0.2, 0) is 13.2 Å². The SMILES string of the molecule is OCc1cc(Oc2ccccc2CO)c2ccccc2n1. The van der Waals surface area contributed by atoms with E-state index in [9.17, 15) is 10.2 Å². The monoisotopic (exact) mass is 281 g/mol. The summed E-state index contributed by atoms with van der Waals surface area (Å²) in [5, 5.41) is 19.6. The van der Waals surface area contributed by atoms with Gasteiger partial charge in [0.2, 0.25) is 0 Å². The smallest absolute Gasteiger partial charge is 0.138 e. The van der Waals surface area contributed by atoms with E-state index in [4.69, 9.17) is 4.74 Å². The zero-order valence-electron chi connectivity index (χ0n) is 11.4. The molecule has 0 unspecified atom stereocenters. The summed E-state index contributed by atoms with van der Waals surface area (Å²) in [5.74, 6) is 1.21. The minimum atomic E-state index is -0.150. The van der Waals surface area contributed by atoms with Crippen LogP contribution in [0.25, 0.3) is 10.9 Å². The highest BCUT2D eigenvalue weighted by atomic mass is 16.5. The lowest BCUT2D eigenvalue weighted by atomic mass is 10.1. The molecule has 3 rings (SSSR count). The molecule has 0 bridgehead atoms. The van der Waals surface area contributed by atoms with Crippen LogP contribution < -0.4 is 4.74 Å². The van der Waals surface area contributed by atoms with Crippen molar-refractivity contribution in [2.45, 2.75) is 13.2 Å². The maximum absolute atomic E-state index is 9.38. The molecule has 0 amide bonds. The van der Waals surface area contributed by atoms with Crippen LogP contribution in [0.1, 0.15) is 11.3 Å². The fraction of sp³-hybridized carbons (Fsp3) is 0.118. The summed E-state index contributed by atoms with van der Waals surface area (Å²) in [6.07, 6.45) is 0. The van der Waals surface area contributed by atoms with Gasteiger partial charge in [-0.3, -0.25) is 4.98 Å². The van der Waals surface area contributed by atoms with Crippen LogP contribution in [0.15, 0.2) is 54.6 Å². The van der Waals surface area contributed by atoms with Crippen molar-refractivity contribution in [3.05, 3.63) is 65.9 Å². The number of para-hydroxylation sites is 2. The summed E-state index contributed by atoms with van der Waals surface area (Å²) in [6, 6.07) is 16.6. The summed E-state index contributed by atoms with van der Waals surface area (Å²) in [5.41, 5.74) is 2.02. The molecular weight excluding hydrogens is 266 g/mol. The van der Waals surface area contributed by atoms with Crippen molar-refractivity contribution in [1.29, 1.82) is 0 Å². The Balaban J connectivity index is 2.11. The van der Waals surface area contributed by atoms with E-state index in [0.29, 0.717) is 22.8 Å². The van der Waals surface area contributed by atoms with Crippen molar-refractivity contribution in [3.8, 4) is 11.5 Å². The van der Waals surface area contributed by atoms with Crippen molar-refractivity contribution < 1.29 is 14.9 Å². The van der Waals surface area contributed by atoms with Gasteiger partial charge in [0.15, 0.2) is 0 Å². The van der Waals surface area contributed by atoms with Crippen LogP contribution in [0, 0.1) is 0 Å². The van der Waals surface area contributed by atoms with Gasteiger partial charge >= 0.3 is 0 Å².